The van der Waals surface area contributed by atoms with Crippen LogP contribution in [0.3, 0.4) is 0 Å². The fourth-order valence-corrected chi connectivity index (χ4v) is 1.44. The van der Waals surface area contributed by atoms with Crippen LogP contribution in [0.4, 0.5) is 5.69 Å². The van der Waals surface area contributed by atoms with Crippen molar-refractivity contribution in [1.29, 1.82) is 0 Å². The number of hydrogen-bond donors (Lipinski definition) is 1. The van der Waals surface area contributed by atoms with Crippen molar-refractivity contribution in [3.05, 3.63) is 51.8 Å². The third kappa shape index (κ3) is 3.02. The Bertz CT molecular complexity index is 598. The average molecular weight is 261 g/mol. The largest absolute Gasteiger partial charge is 0.424 e. The molecule has 0 unspecified atom stereocenters. The number of non-ortho nitro benzene ring substituents is 1. The number of aromatic nitrogens is 2. The van der Waals surface area contributed by atoms with Gasteiger partial charge in [0.1, 0.15) is 5.75 Å². The van der Waals surface area contributed by atoms with Crippen LogP contribution in [-0.2, 0) is 6.61 Å². The van der Waals surface area contributed by atoms with Gasteiger partial charge < -0.3 is 9.84 Å². The third-order valence-electron chi connectivity index (χ3n) is 2.43. The number of aliphatic hydroxyl groups excluding tert-OH is 1. The van der Waals surface area contributed by atoms with Crippen molar-refractivity contribution in [2.75, 3.05) is 0 Å². The summed E-state index contributed by atoms with van der Waals surface area (Å²) in [6.07, 6.45) is 2.89. The molecule has 0 radical (unpaired) electrons. The van der Waals surface area contributed by atoms with E-state index >= 15 is 0 Å². The second-order valence-electron chi connectivity index (χ2n) is 3.84. The molecule has 0 amide bonds. The predicted molar refractivity (Wildman–Crippen MR) is 65.9 cm³/mol. The molecule has 98 valence electrons. The average Bonchev–Trinajstić information content (AvgIpc) is 2.41. The molecule has 7 heteroatoms. The summed E-state index contributed by atoms with van der Waals surface area (Å²) in [5.74, 6) is 0.447. The minimum absolute atomic E-state index is 0.00129. The number of hydrogen-bond acceptors (Lipinski definition) is 6. The minimum Gasteiger partial charge on any atom is -0.424 e. The van der Waals surface area contributed by atoms with Gasteiger partial charge in [0.15, 0.2) is 0 Å². The summed E-state index contributed by atoms with van der Waals surface area (Å²) in [7, 11) is 0. The van der Waals surface area contributed by atoms with Crippen molar-refractivity contribution in [1.82, 2.24) is 9.97 Å². The molecule has 0 bridgehead atoms. The van der Waals surface area contributed by atoms with Crippen LogP contribution in [0.15, 0.2) is 30.6 Å². The summed E-state index contributed by atoms with van der Waals surface area (Å²) >= 11 is 0. The zero-order valence-corrected chi connectivity index (χ0v) is 10.1. The Hall–Kier alpha value is -2.54. The van der Waals surface area contributed by atoms with E-state index in [9.17, 15) is 10.1 Å². The summed E-state index contributed by atoms with van der Waals surface area (Å²) in [5.41, 5.74) is 1.19. The molecule has 7 nitrogen and oxygen atoms in total. The Labute approximate surface area is 108 Å². The number of aliphatic hydroxyl groups is 1. The van der Waals surface area contributed by atoms with E-state index < -0.39 is 4.92 Å². The van der Waals surface area contributed by atoms with Gasteiger partial charge in [-0.05, 0) is 18.6 Å². The van der Waals surface area contributed by atoms with Gasteiger partial charge in [0, 0.05) is 30.1 Å². The van der Waals surface area contributed by atoms with Crippen molar-refractivity contribution in [2.24, 2.45) is 0 Å². The van der Waals surface area contributed by atoms with Gasteiger partial charge in [0.25, 0.3) is 5.69 Å². The molecule has 2 rings (SSSR count). The van der Waals surface area contributed by atoms with E-state index in [0.29, 0.717) is 16.9 Å². The van der Waals surface area contributed by atoms with Crippen LogP contribution in [0.5, 0.6) is 11.8 Å². The maximum absolute atomic E-state index is 10.6. The van der Waals surface area contributed by atoms with E-state index in [4.69, 9.17) is 9.84 Å². The number of aryl methyl sites for hydroxylation is 1. The molecular formula is C12H11N3O4. The van der Waals surface area contributed by atoms with Crippen LogP contribution in [0.1, 0.15) is 11.1 Å². The summed E-state index contributed by atoms with van der Waals surface area (Å²) in [4.78, 5) is 18.0. The van der Waals surface area contributed by atoms with Crippen LogP contribution in [0.2, 0.25) is 0 Å². The smallest absolute Gasteiger partial charge is 0.321 e. The molecule has 1 aromatic carbocycles. The molecule has 0 aliphatic heterocycles. The summed E-state index contributed by atoms with van der Waals surface area (Å²) in [6, 6.07) is 4.38. The van der Waals surface area contributed by atoms with Crippen molar-refractivity contribution in [3.63, 3.8) is 0 Å². The maximum Gasteiger partial charge on any atom is 0.321 e. The normalized spacial score (nSPS) is 10.2. The zero-order valence-electron chi connectivity index (χ0n) is 10.1. The lowest BCUT2D eigenvalue weighted by atomic mass is 10.2. The highest BCUT2D eigenvalue weighted by atomic mass is 16.6. The van der Waals surface area contributed by atoms with E-state index in [1.54, 1.807) is 6.92 Å². The van der Waals surface area contributed by atoms with Gasteiger partial charge in [-0.2, -0.15) is 0 Å². The van der Waals surface area contributed by atoms with Gasteiger partial charge >= 0.3 is 6.01 Å². The molecule has 0 aliphatic rings. The van der Waals surface area contributed by atoms with Gasteiger partial charge in [0.2, 0.25) is 0 Å². The molecule has 1 heterocycles. The monoisotopic (exact) mass is 261 g/mol. The first kappa shape index (κ1) is 12.9. The van der Waals surface area contributed by atoms with Crippen LogP contribution in [0.25, 0.3) is 0 Å². The van der Waals surface area contributed by atoms with Gasteiger partial charge in [-0.15, -0.1) is 0 Å². The molecule has 0 saturated carbocycles. The van der Waals surface area contributed by atoms with E-state index in [1.165, 1.54) is 30.6 Å². The Morgan fingerprint density at radius 3 is 2.58 bits per heavy atom. The second-order valence-corrected chi connectivity index (χ2v) is 3.84. The molecule has 0 aliphatic carbocycles. The first-order valence-electron chi connectivity index (χ1n) is 5.45. The minimum atomic E-state index is -0.469. The first-order chi connectivity index (χ1) is 9.10. The van der Waals surface area contributed by atoms with Gasteiger partial charge in [-0.3, -0.25) is 10.1 Å². The van der Waals surface area contributed by atoms with Crippen molar-refractivity contribution in [2.45, 2.75) is 13.5 Å². The molecule has 19 heavy (non-hydrogen) atoms. The van der Waals surface area contributed by atoms with Crippen molar-refractivity contribution >= 4 is 5.69 Å². The lowest BCUT2D eigenvalue weighted by molar-refractivity contribution is -0.384. The predicted octanol–water partition coefficient (Wildman–Crippen LogP) is 1.98. The topological polar surface area (TPSA) is 98.4 Å². The molecule has 2 aromatic rings. The molecule has 0 saturated heterocycles. The SMILES string of the molecule is Cc1cc([N+](=O)[O-])ccc1Oc1ncc(CO)cn1. The molecule has 0 fully saturated rings. The molecule has 0 atom stereocenters. The van der Waals surface area contributed by atoms with Crippen LogP contribution in [-0.4, -0.2) is 20.0 Å². The highest BCUT2D eigenvalue weighted by Crippen LogP contribution is 2.26. The lowest BCUT2D eigenvalue weighted by Crippen LogP contribution is -1.96. The maximum atomic E-state index is 10.6. The number of nitro benzene ring substituents is 1. The van der Waals surface area contributed by atoms with Crippen LogP contribution < -0.4 is 4.74 Å². The quantitative estimate of drug-likeness (QED) is 0.667. The number of ether oxygens (including phenoxy) is 1. The standard InChI is InChI=1S/C12H11N3O4/c1-8-4-10(15(17)18)2-3-11(8)19-12-13-5-9(7-16)6-14-12/h2-6,16H,7H2,1H3. The van der Waals surface area contributed by atoms with Gasteiger partial charge in [-0.1, -0.05) is 0 Å². The Balaban J connectivity index is 2.20. The highest BCUT2D eigenvalue weighted by molar-refractivity contribution is 5.43. The van der Waals surface area contributed by atoms with E-state index in [0.717, 1.165) is 0 Å². The molecule has 1 aromatic heterocycles. The van der Waals surface area contributed by atoms with E-state index in [1.807, 2.05) is 0 Å². The fourth-order valence-electron chi connectivity index (χ4n) is 1.44. The molecule has 0 spiro atoms. The van der Waals surface area contributed by atoms with E-state index in [-0.39, 0.29) is 18.3 Å². The van der Waals surface area contributed by atoms with Crippen LogP contribution >= 0.6 is 0 Å². The Kier molecular flexibility index (Phi) is 3.67. The number of nitrogens with zero attached hydrogens (tertiary/aromatic N) is 3. The summed E-state index contributed by atoms with van der Waals surface area (Å²) in [5, 5.41) is 19.5. The number of benzene rings is 1. The highest BCUT2D eigenvalue weighted by Gasteiger charge is 2.10. The number of rotatable bonds is 4. The lowest BCUT2D eigenvalue weighted by Gasteiger charge is -2.06. The third-order valence-corrected chi connectivity index (χ3v) is 2.43. The van der Waals surface area contributed by atoms with E-state index in [2.05, 4.69) is 9.97 Å². The fraction of sp³-hybridized carbons (Fsp3) is 0.167. The summed E-state index contributed by atoms with van der Waals surface area (Å²) < 4.78 is 5.42. The number of nitro groups is 1. The summed E-state index contributed by atoms with van der Waals surface area (Å²) in [6.45, 7) is 1.56. The Morgan fingerprint density at radius 2 is 2.05 bits per heavy atom. The van der Waals surface area contributed by atoms with Crippen molar-refractivity contribution in [3.8, 4) is 11.8 Å². The Morgan fingerprint density at radius 1 is 1.37 bits per heavy atom. The molecular weight excluding hydrogens is 250 g/mol. The first-order valence-corrected chi connectivity index (χ1v) is 5.45. The van der Waals surface area contributed by atoms with Crippen LogP contribution in [0, 0.1) is 17.0 Å². The van der Waals surface area contributed by atoms with Crippen molar-refractivity contribution < 1.29 is 14.8 Å². The van der Waals surface area contributed by atoms with Gasteiger partial charge in [-0.25, -0.2) is 9.97 Å². The zero-order chi connectivity index (χ0) is 13.8. The molecule has 1 N–H and O–H groups in total. The van der Waals surface area contributed by atoms with Gasteiger partial charge in [0.05, 0.1) is 11.5 Å². The second kappa shape index (κ2) is 5.40.